The van der Waals surface area contributed by atoms with E-state index in [4.69, 9.17) is 9.05 Å². The molecule has 0 aromatic carbocycles. The summed E-state index contributed by atoms with van der Waals surface area (Å²) in [5.74, 6) is -0.214. The van der Waals surface area contributed by atoms with Crippen molar-refractivity contribution in [1.82, 2.24) is 5.32 Å². The van der Waals surface area contributed by atoms with Gasteiger partial charge >= 0.3 is 0 Å². The number of aliphatic hydroxyl groups is 1. The van der Waals surface area contributed by atoms with Gasteiger partial charge in [-0.05, 0) is 70.6 Å². The van der Waals surface area contributed by atoms with E-state index >= 15 is 0 Å². The summed E-state index contributed by atoms with van der Waals surface area (Å²) < 4.78 is 23.3. The molecule has 0 saturated heterocycles. The Morgan fingerprint density at radius 2 is 0.848 bits per heavy atom. The van der Waals surface area contributed by atoms with Gasteiger partial charge < -0.3 is 28.8 Å². The first-order chi connectivity index (χ1) is 32.0. The van der Waals surface area contributed by atoms with Gasteiger partial charge in [0.1, 0.15) is 13.2 Å². The number of carbonyl (C=O) groups excluding carboxylic acids is 1. The predicted molar refractivity (Wildman–Crippen MR) is 284 cm³/mol. The molecule has 0 saturated carbocycles. The lowest BCUT2D eigenvalue weighted by molar-refractivity contribution is -0.870. The first-order valence-electron chi connectivity index (χ1n) is 28.0. The van der Waals surface area contributed by atoms with Gasteiger partial charge in [0.05, 0.1) is 39.9 Å². The molecule has 3 atom stereocenters. The molecular weight excluding hydrogens is 840 g/mol. The maximum atomic E-state index is 12.9. The van der Waals surface area contributed by atoms with Gasteiger partial charge in [-0.1, -0.05) is 229 Å². The molecule has 0 aliphatic heterocycles. The zero-order chi connectivity index (χ0) is 48.5. The van der Waals surface area contributed by atoms with Crippen LogP contribution in [-0.4, -0.2) is 68.5 Å². The van der Waals surface area contributed by atoms with Crippen LogP contribution in [0.15, 0.2) is 48.6 Å². The van der Waals surface area contributed by atoms with Crippen molar-refractivity contribution < 1.29 is 32.9 Å². The molecule has 9 heteroatoms. The number of amides is 1. The van der Waals surface area contributed by atoms with Gasteiger partial charge in [0, 0.05) is 6.42 Å². The third kappa shape index (κ3) is 50.3. The van der Waals surface area contributed by atoms with Gasteiger partial charge in [0.2, 0.25) is 5.91 Å². The number of likely N-dealkylation sites (N-methyl/N-ethyl adjacent to an activating group) is 1. The first kappa shape index (κ1) is 64.5. The molecule has 0 radical (unpaired) electrons. The van der Waals surface area contributed by atoms with Crippen LogP contribution in [0.2, 0.25) is 0 Å². The van der Waals surface area contributed by atoms with E-state index in [1.807, 2.05) is 27.2 Å². The minimum absolute atomic E-state index is 0.0103. The number of nitrogens with zero attached hydrogens (tertiary/aromatic N) is 1. The third-order valence-electron chi connectivity index (χ3n) is 12.5. The fourth-order valence-electron chi connectivity index (χ4n) is 8.06. The van der Waals surface area contributed by atoms with Crippen LogP contribution >= 0.6 is 7.82 Å². The number of carbonyl (C=O) groups is 1. The van der Waals surface area contributed by atoms with Crippen molar-refractivity contribution in [3.63, 3.8) is 0 Å². The Morgan fingerprint density at radius 1 is 0.515 bits per heavy atom. The molecule has 388 valence electrons. The minimum Gasteiger partial charge on any atom is -0.756 e. The molecule has 0 fully saturated rings. The molecule has 2 N–H and O–H groups in total. The molecule has 0 bridgehead atoms. The number of hydrogen-bond donors (Lipinski definition) is 2. The van der Waals surface area contributed by atoms with Crippen LogP contribution in [0.1, 0.15) is 258 Å². The molecule has 0 aromatic rings. The number of phosphoric ester groups is 1. The smallest absolute Gasteiger partial charge is 0.268 e. The SMILES string of the molecule is CCCCCCCCCCC/C=C\CCCCCCCCCC(=O)NC(COP(=O)([O-])OCC[N+](C)(C)C)C(O)/C=C/CC/C=C/CC/C=C/CCCCCCCCCCCCCCCC. The minimum atomic E-state index is -4.61. The average Bonchev–Trinajstić information content (AvgIpc) is 3.28. The highest BCUT2D eigenvalue weighted by Gasteiger charge is 2.23. The fraction of sp³-hybridized carbons (Fsp3) is 0.842. The Hall–Kier alpha value is -1.54. The number of nitrogens with one attached hydrogen (secondary N) is 1. The number of aliphatic hydroxyl groups excluding tert-OH is 1. The topological polar surface area (TPSA) is 108 Å². The van der Waals surface area contributed by atoms with Crippen molar-refractivity contribution >= 4 is 13.7 Å². The zero-order valence-electron chi connectivity index (χ0n) is 44.1. The number of unbranched alkanes of at least 4 members (excludes halogenated alkanes) is 32. The van der Waals surface area contributed by atoms with E-state index in [-0.39, 0.29) is 12.5 Å². The molecule has 8 nitrogen and oxygen atoms in total. The lowest BCUT2D eigenvalue weighted by atomic mass is 10.0. The molecule has 0 spiro atoms. The van der Waals surface area contributed by atoms with Gasteiger partial charge in [-0.25, -0.2) is 0 Å². The first-order valence-corrected chi connectivity index (χ1v) is 29.5. The quantitative estimate of drug-likeness (QED) is 0.0272. The molecular formula is C57H109N2O6P. The van der Waals surface area contributed by atoms with Gasteiger partial charge in [0.25, 0.3) is 7.82 Å². The molecule has 3 unspecified atom stereocenters. The lowest BCUT2D eigenvalue weighted by Gasteiger charge is -2.29. The standard InChI is InChI=1S/C57H109N2O6P/c1-6-8-10-12-14-16-18-20-22-24-26-28-29-30-31-32-34-36-38-40-42-44-46-48-50-56(60)55(54-65-66(62,63)64-53-52-59(3,4)5)58-57(61)51-49-47-45-43-41-39-37-35-33-27-25-23-21-19-17-15-13-11-9-7-2/h27,32-34,40,42,48,50,55-56,60H,6-26,28-31,35-39,41,43-47,49,51-54H2,1-5H3,(H-,58,61,62,63)/b33-27-,34-32+,42-40+,50-48+. The predicted octanol–water partition coefficient (Wildman–Crippen LogP) is 16.1. The summed E-state index contributed by atoms with van der Waals surface area (Å²) in [5, 5.41) is 13.8. The highest BCUT2D eigenvalue weighted by molar-refractivity contribution is 7.45. The number of hydrogen-bond acceptors (Lipinski definition) is 6. The number of quaternary nitrogens is 1. The maximum absolute atomic E-state index is 12.9. The van der Waals surface area contributed by atoms with Crippen molar-refractivity contribution in [2.45, 2.75) is 270 Å². The Kier molecular flexibility index (Phi) is 47.4. The van der Waals surface area contributed by atoms with E-state index < -0.39 is 26.6 Å². The zero-order valence-corrected chi connectivity index (χ0v) is 45.0. The number of allylic oxidation sites excluding steroid dienone is 7. The second-order valence-electron chi connectivity index (χ2n) is 20.3. The highest BCUT2D eigenvalue weighted by Crippen LogP contribution is 2.38. The third-order valence-corrected chi connectivity index (χ3v) is 13.5. The summed E-state index contributed by atoms with van der Waals surface area (Å²) in [6.45, 7) is 4.64. The van der Waals surface area contributed by atoms with E-state index in [1.165, 1.54) is 193 Å². The Balaban J connectivity index is 4.33. The Labute approximate surface area is 409 Å². The van der Waals surface area contributed by atoms with Crippen LogP contribution in [0.3, 0.4) is 0 Å². The molecule has 66 heavy (non-hydrogen) atoms. The molecule has 0 aliphatic carbocycles. The summed E-state index contributed by atoms with van der Waals surface area (Å²) >= 11 is 0. The van der Waals surface area contributed by atoms with Crippen LogP contribution < -0.4 is 10.2 Å². The van der Waals surface area contributed by atoms with E-state index in [9.17, 15) is 19.4 Å². The van der Waals surface area contributed by atoms with Crippen LogP contribution in [0, 0.1) is 0 Å². The van der Waals surface area contributed by atoms with Crippen molar-refractivity contribution in [3.05, 3.63) is 48.6 Å². The van der Waals surface area contributed by atoms with E-state index in [0.29, 0.717) is 17.4 Å². The molecule has 0 rings (SSSR count). The van der Waals surface area contributed by atoms with E-state index in [0.717, 1.165) is 44.9 Å². The second kappa shape index (κ2) is 48.5. The molecule has 0 heterocycles. The van der Waals surface area contributed by atoms with Gasteiger partial charge in [0.15, 0.2) is 0 Å². The summed E-state index contributed by atoms with van der Waals surface area (Å²) in [6, 6.07) is -0.913. The average molecular weight is 949 g/mol. The lowest BCUT2D eigenvalue weighted by Crippen LogP contribution is -2.45. The molecule has 0 aliphatic rings. The fourth-order valence-corrected chi connectivity index (χ4v) is 8.79. The van der Waals surface area contributed by atoms with Crippen LogP contribution in [0.25, 0.3) is 0 Å². The summed E-state index contributed by atoms with van der Waals surface area (Å²) in [7, 11) is 1.23. The van der Waals surface area contributed by atoms with E-state index in [1.54, 1.807) is 6.08 Å². The van der Waals surface area contributed by atoms with Gasteiger partial charge in [-0.3, -0.25) is 9.36 Å². The number of phosphoric acid groups is 1. The van der Waals surface area contributed by atoms with Crippen LogP contribution in [-0.2, 0) is 18.4 Å². The maximum Gasteiger partial charge on any atom is 0.268 e. The van der Waals surface area contributed by atoms with Crippen LogP contribution in [0.4, 0.5) is 0 Å². The monoisotopic (exact) mass is 949 g/mol. The van der Waals surface area contributed by atoms with Crippen molar-refractivity contribution in [1.29, 1.82) is 0 Å². The summed E-state index contributed by atoms with van der Waals surface area (Å²) in [6.07, 6.45) is 63.3. The summed E-state index contributed by atoms with van der Waals surface area (Å²) in [4.78, 5) is 25.5. The Bertz CT molecular complexity index is 1210. The van der Waals surface area contributed by atoms with Gasteiger partial charge in [-0.2, -0.15) is 0 Å². The van der Waals surface area contributed by atoms with E-state index in [2.05, 4.69) is 55.6 Å². The van der Waals surface area contributed by atoms with Crippen molar-refractivity contribution in [3.8, 4) is 0 Å². The largest absolute Gasteiger partial charge is 0.756 e. The van der Waals surface area contributed by atoms with Crippen molar-refractivity contribution in [2.75, 3.05) is 40.9 Å². The number of rotatable bonds is 51. The van der Waals surface area contributed by atoms with Gasteiger partial charge in [-0.15, -0.1) is 0 Å². The Morgan fingerprint density at radius 3 is 1.23 bits per heavy atom. The second-order valence-corrected chi connectivity index (χ2v) is 21.7. The van der Waals surface area contributed by atoms with Crippen LogP contribution in [0.5, 0.6) is 0 Å². The summed E-state index contributed by atoms with van der Waals surface area (Å²) in [5.41, 5.74) is 0. The van der Waals surface area contributed by atoms with Crippen molar-refractivity contribution in [2.24, 2.45) is 0 Å². The normalized spacial score (nSPS) is 14.3. The molecule has 1 amide bonds. The highest BCUT2D eigenvalue weighted by atomic mass is 31.2. The molecule has 0 aromatic heterocycles.